The van der Waals surface area contributed by atoms with Gasteiger partial charge in [0.05, 0.1) is 0 Å². The molecular formula is C33H35FN4O7. The quantitative estimate of drug-likeness (QED) is 0.290. The maximum atomic E-state index is 13.4. The van der Waals surface area contributed by atoms with Gasteiger partial charge in [0.15, 0.2) is 5.69 Å². The molecule has 4 N–H and O–H groups in total. The molecule has 3 aromatic rings. The van der Waals surface area contributed by atoms with Crippen molar-refractivity contribution in [2.24, 2.45) is 0 Å². The van der Waals surface area contributed by atoms with Gasteiger partial charge < -0.3 is 25.5 Å². The van der Waals surface area contributed by atoms with Gasteiger partial charge in [0.2, 0.25) is 5.91 Å². The molecule has 2 saturated heterocycles. The third-order valence-electron chi connectivity index (χ3n) is 7.50. The SMILES string of the molecule is Cc1cnc(C(=O)N2CCC(=CC(=O)N[C@@H]3CCN(Cc4ccc5cc(F)ccc5c4)C3)CC2)c(O)c1.O=C(O)/C=C/C(=O)O. The second-order valence-corrected chi connectivity index (χ2v) is 11.0. The first kappa shape index (κ1) is 32.8. The highest BCUT2D eigenvalue weighted by molar-refractivity contribution is 5.95. The van der Waals surface area contributed by atoms with E-state index in [0.717, 1.165) is 48.0 Å². The van der Waals surface area contributed by atoms with E-state index in [1.54, 1.807) is 29.3 Å². The number of pyridine rings is 1. The highest BCUT2D eigenvalue weighted by atomic mass is 19.1. The minimum atomic E-state index is -1.26. The molecule has 3 heterocycles. The summed E-state index contributed by atoms with van der Waals surface area (Å²) < 4.78 is 13.4. The highest BCUT2D eigenvalue weighted by Crippen LogP contribution is 2.23. The number of carbonyl (C=O) groups is 4. The number of carboxylic acid groups (broad SMARTS) is 2. The fourth-order valence-corrected chi connectivity index (χ4v) is 5.30. The molecule has 0 radical (unpaired) electrons. The summed E-state index contributed by atoms with van der Waals surface area (Å²) in [4.78, 5) is 52.6. The normalized spacial score (nSPS) is 16.7. The number of nitrogens with one attached hydrogen (secondary N) is 1. The number of rotatable bonds is 7. The zero-order valence-electron chi connectivity index (χ0n) is 24.8. The number of nitrogens with zero attached hydrogens (tertiary/aromatic N) is 3. The van der Waals surface area contributed by atoms with Crippen LogP contribution in [0.5, 0.6) is 5.75 Å². The van der Waals surface area contributed by atoms with Crippen LogP contribution in [0.4, 0.5) is 4.39 Å². The molecule has 2 aromatic carbocycles. The van der Waals surface area contributed by atoms with Gasteiger partial charge in [-0.15, -0.1) is 0 Å². The highest BCUT2D eigenvalue weighted by Gasteiger charge is 2.26. The summed E-state index contributed by atoms with van der Waals surface area (Å²) >= 11 is 0. The molecule has 2 aliphatic rings. The van der Waals surface area contributed by atoms with Crippen molar-refractivity contribution in [3.63, 3.8) is 0 Å². The van der Waals surface area contributed by atoms with Crippen molar-refractivity contribution in [3.8, 4) is 5.75 Å². The van der Waals surface area contributed by atoms with E-state index in [1.165, 1.54) is 17.7 Å². The van der Waals surface area contributed by atoms with E-state index >= 15 is 0 Å². The summed E-state index contributed by atoms with van der Waals surface area (Å²) in [6, 6.07) is 12.5. The van der Waals surface area contributed by atoms with Crippen LogP contribution in [-0.4, -0.2) is 86.1 Å². The Morgan fingerprint density at radius 1 is 0.978 bits per heavy atom. The summed E-state index contributed by atoms with van der Waals surface area (Å²) in [6.07, 6.45) is 6.49. The third-order valence-corrected chi connectivity index (χ3v) is 7.50. The Kier molecular flexibility index (Phi) is 11.0. The number of fused-ring (bicyclic) bond motifs is 1. The van der Waals surface area contributed by atoms with E-state index in [-0.39, 0.29) is 35.1 Å². The number of aromatic hydroxyl groups is 1. The maximum absolute atomic E-state index is 13.4. The molecule has 0 saturated carbocycles. The average Bonchev–Trinajstić information content (AvgIpc) is 3.42. The molecule has 0 bridgehead atoms. The number of carboxylic acids is 2. The van der Waals surface area contributed by atoms with Gasteiger partial charge in [-0.1, -0.05) is 23.8 Å². The van der Waals surface area contributed by atoms with Crippen molar-refractivity contribution in [3.05, 3.63) is 95.1 Å². The van der Waals surface area contributed by atoms with Crippen LogP contribution in [-0.2, 0) is 20.9 Å². The zero-order valence-corrected chi connectivity index (χ0v) is 24.8. The lowest BCUT2D eigenvalue weighted by Gasteiger charge is -2.28. The molecule has 1 atom stereocenters. The lowest BCUT2D eigenvalue weighted by molar-refractivity contribution is -0.134. The smallest absolute Gasteiger partial charge is 0.328 e. The molecule has 11 nitrogen and oxygen atoms in total. The number of hydrogen-bond donors (Lipinski definition) is 4. The molecule has 2 fully saturated rings. The van der Waals surface area contributed by atoms with Gasteiger partial charge in [-0.25, -0.2) is 19.0 Å². The van der Waals surface area contributed by atoms with Gasteiger partial charge in [0.1, 0.15) is 11.6 Å². The Morgan fingerprint density at radius 2 is 1.64 bits per heavy atom. The fourth-order valence-electron chi connectivity index (χ4n) is 5.30. The molecule has 12 heteroatoms. The number of piperidine rings is 1. The Hall–Kier alpha value is -5.10. The summed E-state index contributed by atoms with van der Waals surface area (Å²) in [5, 5.41) is 30.7. The standard InChI is InChI=1S/C29H31FN4O3.C4H4O4/c1-19-12-26(35)28(31-16-19)29(37)34-10-6-20(7-11-34)14-27(36)32-25-8-9-33(18-25)17-21-2-3-23-15-24(30)5-4-22(23)13-21;5-3(6)1-2-4(7)8/h2-5,12-16,25,35H,6-11,17-18H2,1H3,(H,32,36);1-2H,(H,5,6)(H,7,8)/b;2-1+/t25-;/m1./s1. The van der Waals surface area contributed by atoms with Crippen molar-refractivity contribution >= 4 is 34.5 Å². The van der Waals surface area contributed by atoms with E-state index in [1.807, 2.05) is 19.1 Å². The van der Waals surface area contributed by atoms with Gasteiger partial charge in [-0.05, 0) is 72.4 Å². The largest absolute Gasteiger partial charge is 0.505 e. The molecule has 0 aliphatic carbocycles. The molecule has 1 aromatic heterocycles. The molecule has 5 rings (SSSR count). The number of halogens is 1. The zero-order chi connectivity index (χ0) is 32.5. The van der Waals surface area contributed by atoms with Crippen LogP contribution in [0.15, 0.2) is 72.5 Å². The van der Waals surface area contributed by atoms with Crippen molar-refractivity contribution in [2.75, 3.05) is 26.2 Å². The van der Waals surface area contributed by atoms with Crippen LogP contribution >= 0.6 is 0 Å². The predicted octanol–water partition coefficient (Wildman–Crippen LogP) is 3.65. The Labute approximate surface area is 259 Å². The van der Waals surface area contributed by atoms with Crippen LogP contribution in [0, 0.1) is 12.7 Å². The summed E-state index contributed by atoms with van der Waals surface area (Å²) in [7, 11) is 0. The number of hydrogen-bond acceptors (Lipinski definition) is 7. The summed E-state index contributed by atoms with van der Waals surface area (Å²) in [5.41, 5.74) is 3.05. The number of aliphatic carboxylic acids is 2. The number of benzene rings is 2. The third kappa shape index (κ3) is 9.70. The van der Waals surface area contributed by atoms with Crippen molar-refractivity contribution in [1.82, 2.24) is 20.1 Å². The minimum Gasteiger partial charge on any atom is -0.505 e. The van der Waals surface area contributed by atoms with Gasteiger partial charge in [0.25, 0.3) is 5.91 Å². The molecule has 0 spiro atoms. The van der Waals surface area contributed by atoms with E-state index in [0.29, 0.717) is 38.1 Å². The molecule has 2 aliphatic heterocycles. The Morgan fingerprint density at radius 3 is 2.31 bits per heavy atom. The topological polar surface area (TPSA) is 160 Å². The van der Waals surface area contributed by atoms with Crippen LogP contribution in [0.2, 0.25) is 0 Å². The van der Waals surface area contributed by atoms with Crippen LogP contribution in [0.1, 0.15) is 40.9 Å². The van der Waals surface area contributed by atoms with E-state index < -0.39 is 11.9 Å². The van der Waals surface area contributed by atoms with E-state index in [9.17, 15) is 28.7 Å². The second kappa shape index (κ2) is 15.1. The average molecular weight is 619 g/mol. The van der Waals surface area contributed by atoms with Crippen molar-refractivity contribution in [1.29, 1.82) is 0 Å². The fraction of sp³-hybridized carbons (Fsp3) is 0.303. The first-order valence-electron chi connectivity index (χ1n) is 14.5. The van der Waals surface area contributed by atoms with Crippen LogP contribution in [0.3, 0.4) is 0 Å². The molecular weight excluding hydrogens is 583 g/mol. The van der Waals surface area contributed by atoms with Crippen LogP contribution in [0.25, 0.3) is 10.8 Å². The van der Waals surface area contributed by atoms with Crippen molar-refractivity contribution in [2.45, 2.75) is 38.8 Å². The van der Waals surface area contributed by atoms with Gasteiger partial charge in [-0.3, -0.25) is 14.5 Å². The molecule has 45 heavy (non-hydrogen) atoms. The molecule has 236 valence electrons. The van der Waals surface area contributed by atoms with Gasteiger partial charge in [-0.2, -0.15) is 0 Å². The van der Waals surface area contributed by atoms with E-state index in [4.69, 9.17) is 10.2 Å². The minimum absolute atomic E-state index is 0.0687. The number of aromatic nitrogens is 1. The number of amides is 2. The maximum Gasteiger partial charge on any atom is 0.328 e. The molecule has 0 unspecified atom stereocenters. The summed E-state index contributed by atoms with van der Waals surface area (Å²) in [6.45, 7) is 5.26. The summed E-state index contributed by atoms with van der Waals surface area (Å²) in [5.74, 6) is -3.22. The second-order valence-electron chi connectivity index (χ2n) is 11.0. The first-order chi connectivity index (χ1) is 21.5. The lowest BCUT2D eigenvalue weighted by Crippen LogP contribution is -2.38. The van der Waals surface area contributed by atoms with Crippen molar-refractivity contribution < 1.29 is 38.9 Å². The number of aryl methyl sites for hydroxylation is 1. The van der Waals surface area contributed by atoms with Gasteiger partial charge in [0, 0.05) is 63.2 Å². The Bertz CT molecular complexity index is 1630. The molecule has 2 amide bonds. The number of carbonyl (C=O) groups excluding carboxylic acids is 2. The number of likely N-dealkylation sites (tertiary alicyclic amines) is 2. The monoisotopic (exact) mass is 618 g/mol. The predicted molar refractivity (Wildman–Crippen MR) is 164 cm³/mol. The van der Waals surface area contributed by atoms with E-state index in [2.05, 4.69) is 21.3 Å². The van der Waals surface area contributed by atoms with Gasteiger partial charge >= 0.3 is 11.9 Å². The first-order valence-corrected chi connectivity index (χ1v) is 14.5. The lowest BCUT2D eigenvalue weighted by atomic mass is 10.0. The van der Waals surface area contributed by atoms with Crippen LogP contribution < -0.4 is 5.32 Å². The Balaban J connectivity index is 0.000000510.